The smallest absolute Gasteiger partial charge is 0.425 e. The molecule has 2 aromatic heterocycles. The highest BCUT2D eigenvalue weighted by molar-refractivity contribution is 6.18. The van der Waals surface area contributed by atoms with Crippen molar-refractivity contribution in [2.24, 2.45) is 5.73 Å². The van der Waals surface area contributed by atoms with Crippen molar-refractivity contribution < 1.29 is 31.9 Å². The summed E-state index contributed by atoms with van der Waals surface area (Å²) in [5.41, 5.74) is 6.13. The average molecular weight is 462 g/mol. The van der Waals surface area contributed by atoms with Gasteiger partial charge in [0, 0.05) is 24.0 Å². The number of aryl methyl sites for hydroxylation is 1. The number of ether oxygens (including phenoxy) is 1. The summed E-state index contributed by atoms with van der Waals surface area (Å²) in [6.45, 7) is 4.06. The van der Waals surface area contributed by atoms with E-state index in [0.29, 0.717) is 10.9 Å². The molecule has 11 heteroatoms. The number of hydrogen-bond acceptors (Lipinski definition) is 7. The maximum atomic E-state index is 12.8. The minimum Gasteiger partial charge on any atom is -0.458 e. The topological polar surface area (TPSA) is 120 Å². The van der Waals surface area contributed by atoms with E-state index in [0.717, 1.165) is 13.1 Å². The van der Waals surface area contributed by atoms with E-state index in [4.69, 9.17) is 10.2 Å². The molecule has 8 nitrogen and oxygen atoms in total. The highest BCUT2D eigenvalue weighted by Gasteiger charge is 2.39. The third-order valence-corrected chi connectivity index (χ3v) is 4.74. The average Bonchev–Trinajstić information content (AvgIpc) is 3.17. The second-order valence-corrected chi connectivity index (χ2v) is 7.32. The van der Waals surface area contributed by atoms with E-state index in [9.17, 15) is 22.8 Å². The van der Waals surface area contributed by atoms with E-state index < -0.39 is 30.2 Å². The molecule has 1 amide bonds. The van der Waals surface area contributed by atoms with Crippen LogP contribution in [0.25, 0.3) is 16.5 Å². The Kier molecular flexibility index (Phi) is 6.70. The van der Waals surface area contributed by atoms with Gasteiger partial charge in [0.05, 0.1) is 11.6 Å². The summed E-state index contributed by atoms with van der Waals surface area (Å²) in [4.78, 5) is 33.1. The van der Waals surface area contributed by atoms with Crippen molar-refractivity contribution in [2.75, 3.05) is 0 Å². The van der Waals surface area contributed by atoms with Crippen LogP contribution in [0.5, 0.6) is 0 Å². The molecule has 2 heterocycles. The Morgan fingerprint density at radius 3 is 2.45 bits per heavy atom. The molecule has 2 atom stereocenters. The lowest BCUT2D eigenvalue weighted by Crippen LogP contribution is -2.31. The fourth-order valence-electron chi connectivity index (χ4n) is 3.01. The predicted molar refractivity (Wildman–Crippen MR) is 113 cm³/mol. The molecule has 0 aliphatic rings. The molecule has 1 unspecified atom stereocenters. The monoisotopic (exact) mass is 462 g/mol. The molecule has 0 aliphatic carbocycles. The van der Waals surface area contributed by atoms with Crippen LogP contribution >= 0.6 is 0 Å². The van der Waals surface area contributed by atoms with Gasteiger partial charge in [-0.15, -0.1) is 0 Å². The number of amides is 1. The summed E-state index contributed by atoms with van der Waals surface area (Å²) in [5.74, 6) is -1.33. The number of benzene rings is 1. The van der Waals surface area contributed by atoms with E-state index in [2.05, 4.69) is 20.0 Å². The molecular weight excluding hydrogens is 441 g/mol. The Balaban J connectivity index is 1.86. The number of hydrogen-bond donors (Lipinski definition) is 2. The van der Waals surface area contributed by atoms with Gasteiger partial charge in [0.2, 0.25) is 0 Å². The van der Waals surface area contributed by atoms with Crippen LogP contribution in [0.2, 0.25) is 0 Å². The van der Waals surface area contributed by atoms with Crippen molar-refractivity contribution in [1.82, 2.24) is 15.3 Å². The van der Waals surface area contributed by atoms with Crippen LogP contribution in [0, 0.1) is 6.92 Å². The van der Waals surface area contributed by atoms with Gasteiger partial charge in [-0.05, 0) is 50.6 Å². The highest BCUT2D eigenvalue weighted by Crippen LogP contribution is 2.30. The molecule has 0 radical (unpaired) electrons. The number of alkyl halides is 3. The Labute approximate surface area is 186 Å². The first kappa shape index (κ1) is 23.8. The minimum atomic E-state index is -4.69. The first-order chi connectivity index (χ1) is 15.5. The lowest BCUT2D eigenvalue weighted by Gasteiger charge is -2.16. The number of fused-ring (bicyclic) bond motifs is 1. The van der Waals surface area contributed by atoms with Gasteiger partial charge < -0.3 is 20.2 Å². The van der Waals surface area contributed by atoms with Crippen molar-refractivity contribution in [2.45, 2.75) is 39.1 Å². The van der Waals surface area contributed by atoms with Crippen LogP contribution < -0.4 is 11.1 Å². The van der Waals surface area contributed by atoms with Crippen LogP contribution in [-0.2, 0) is 9.53 Å². The Hall–Kier alpha value is -3.89. The zero-order chi connectivity index (χ0) is 24.3. The number of carbonyl (C=O) groups is 2. The number of esters is 1. The van der Waals surface area contributed by atoms with Gasteiger partial charge in [0.25, 0.3) is 5.91 Å². The van der Waals surface area contributed by atoms with Gasteiger partial charge >= 0.3 is 12.1 Å². The summed E-state index contributed by atoms with van der Waals surface area (Å²) in [7, 11) is 0. The number of aromatic nitrogens is 2. The fraction of sp³-hybridized carbons (Fsp3) is 0.273. The highest BCUT2D eigenvalue weighted by atomic mass is 19.4. The number of nitrogens with one attached hydrogen (secondary N) is 1. The maximum absolute atomic E-state index is 12.8. The van der Waals surface area contributed by atoms with Crippen molar-refractivity contribution in [1.29, 1.82) is 0 Å². The molecule has 0 fully saturated rings. The standard InChI is InChI=1S/C22H21F3N4O4/c1-11-7-14-9-17(12(2)29-20(30)16(10-26)19-27-5-4-6-28-19)33-18(14)15(8-11)21(31)32-13(3)22(23,24)25/h4-10,12-13H,26H2,1-3H3,(H,29,30)/b16-10+/t12?,13-/m1/s1. The summed E-state index contributed by atoms with van der Waals surface area (Å²) < 4.78 is 48.7. The van der Waals surface area contributed by atoms with Gasteiger partial charge in [-0.25, -0.2) is 14.8 Å². The number of furan rings is 1. The molecule has 33 heavy (non-hydrogen) atoms. The van der Waals surface area contributed by atoms with Crippen LogP contribution in [0.4, 0.5) is 13.2 Å². The van der Waals surface area contributed by atoms with Crippen molar-refractivity contribution in [3.63, 3.8) is 0 Å². The van der Waals surface area contributed by atoms with Crippen LogP contribution in [0.1, 0.15) is 47.4 Å². The Morgan fingerprint density at radius 1 is 1.18 bits per heavy atom. The molecule has 0 saturated heterocycles. The predicted octanol–water partition coefficient (Wildman–Crippen LogP) is 3.82. The molecule has 0 bridgehead atoms. The summed E-state index contributed by atoms with van der Waals surface area (Å²) >= 11 is 0. The van der Waals surface area contributed by atoms with E-state index in [1.165, 1.54) is 18.5 Å². The molecule has 1 aromatic carbocycles. The van der Waals surface area contributed by atoms with E-state index >= 15 is 0 Å². The SMILES string of the molecule is Cc1cc(C(=O)O[C@H](C)C(F)(F)F)c2oc(C(C)NC(=O)/C(=C/N)c3ncccn3)cc2c1. The van der Waals surface area contributed by atoms with Gasteiger partial charge in [0.15, 0.2) is 11.9 Å². The van der Waals surface area contributed by atoms with Gasteiger partial charge in [-0.2, -0.15) is 13.2 Å². The minimum absolute atomic E-state index is 0.0415. The number of carbonyl (C=O) groups excluding carboxylic acids is 2. The fourth-order valence-corrected chi connectivity index (χ4v) is 3.01. The van der Waals surface area contributed by atoms with Gasteiger partial charge in [0.1, 0.15) is 16.9 Å². The second-order valence-electron chi connectivity index (χ2n) is 7.32. The Morgan fingerprint density at radius 2 is 1.85 bits per heavy atom. The van der Waals surface area contributed by atoms with Gasteiger partial charge in [-0.1, -0.05) is 0 Å². The van der Waals surface area contributed by atoms with E-state index in [1.807, 2.05) is 0 Å². The third-order valence-electron chi connectivity index (χ3n) is 4.74. The van der Waals surface area contributed by atoms with Crippen LogP contribution in [-0.4, -0.2) is 34.1 Å². The third kappa shape index (κ3) is 5.30. The summed E-state index contributed by atoms with van der Waals surface area (Å²) in [6.07, 6.45) is -2.97. The number of nitrogens with two attached hydrogens (primary N) is 1. The normalized spacial score (nSPS) is 14.1. The van der Waals surface area contributed by atoms with Crippen molar-refractivity contribution >= 4 is 28.4 Å². The molecule has 0 aliphatic heterocycles. The largest absolute Gasteiger partial charge is 0.458 e. The molecule has 0 spiro atoms. The van der Waals surface area contributed by atoms with Crippen molar-refractivity contribution in [3.8, 4) is 0 Å². The van der Waals surface area contributed by atoms with E-state index in [1.54, 1.807) is 32.0 Å². The molecule has 0 saturated carbocycles. The second kappa shape index (κ2) is 9.31. The lowest BCUT2D eigenvalue weighted by atomic mass is 10.1. The molecule has 3 rings (SSSR count). The number of rotatable bonds is 6. The number of nitrogens with zero attached hydrogens (tertiary/aromatic N) is 2. The summed E-state index contributed by atoms with van der Waals surface area (Å²) in [5, 5.41) is 3.17. The number of halogens is 3. The Bertz CT molecular complexity index is 1210. The van der Waals surface area contributed by atoms with E-state index in [-0.39, 0.29) is 28.3 Å². The molecule has 3 N–H and O–H groups in total. The van der Waals surface area contributed by atoms with Gasteiger partial charge in [-0.3, -0.25) is 4.79 Å². The van der Waals surface area contributed by atoms with Crippen LogP contribution in [0.15, 0.2) is 47.3 Å². The molecule has 3 aromatic rings. The maximum Gasteiger partial charge on any atom is 0.425 e. The quantitative estimate of drug-likeness (QED) is 0.422. The first-order valence-corrected chi connectivity index (χ1v) is 9.83. The zero-order valence-corrected chi connectivity index (χ0v) is 17.9. The molecular formula is C22H21F3N4O4. The first-order valence-electron chi connectivity index (χ1n) is 9.83. The lowest BCUT2D eigenvalue weighted by molar-refractivity contribution is -0.198. The van der Waals surface area contributed by atoms with Crippen LogP contribution in [0.3, 0.4) is 0 Å². The van der Waals surface area contributed by atoms with Crippen molar-refractivity contribution in [3.05, 3.63) is 65.6 Å². The summed E-state index contributed by atoms with van der Waals surface area (Å²) in [6, 6.07) is 5.58. The molecule has 174 valence electrons. The zero-order valence-electron chi connectivity index (χ0n) is 17.9.